The molecule has 0 amide bonds. The van der Waals surface area contributed by atoms with Crippen molar-refractivity contribution in [2.75, 3.05) is 40.3 Å². The molecular weight excluding hydrogens is 255 g/mol. The number of benzene rings is 1. The van der Waals surface area contributed by atoms with Gasteiger partial charge in [0.2, 0.25) is 0 Å². The van der Waals surface area contributed by atoms with E-state index in [1.54, 1.807) is 12.1 Å². The molecule has 3 nitrogen and oxygen atoms in total. The summed E-state index contributed by atoms with van der Waals surface area (Å²) in [6.45, 7) is 4.85. The summed E-state index contributed by atoms with van der Waals surface area (Å²) in [5.74, 6) is 1.11. The Morgan fingerprint density at radius 3 is 2.95 bits per heavy atom. The second-order valence-electron chi connectivity index (χ2n) is 6.38. The molecule has 0 saturated carbocycles. The van der Waals surface area contributed by atoms with Gasteiger partial charge in [0.05, 0.1) is 12.7 Å². The van der Waals surface area contributed by atoms with Crippen LogP contribution in [0, 0.1) is 17.7 Å². The van der Waals surface area contributed by atoms with Crippen molar-refractivity contribution in [1.82, 2.24) is 9.80 Å². The SMILES string of the molecule is CN(C)C[C@@H]1CO[C@H]2CN(Cc3cccc(F)c3)C[C@@H]12. The third kappa shape index (κ3) is 3.03. The van der Waals surface area contributed by atoms with Gasteiger partial charge in [-0.25, -0.2) is 4.39 Å². The van der Waals surface area contributed by atoms with Crippen LogP contribution in [0.3, 0.4) is 0 Å². The van der Waals surface area contributed by atoms with Crippen molar-refractivity contribution in [2.45, 2.75) is 12.6 Å². The van der Waals surface area contributed by atoms with Gasteiger partial charge in [-0.3, -0.25) is 4.90 Å². The van der Waals surface area contributed by atoms with Crippen LogP contribution in [-0.4, -0.2) is 56.2 Å². The lowest BCUT2D eigenvalue weighted by atomic mass is 9.93. The van der Waals surface area contributed by atoms with E-state index in [1.807, 2.05) is 6.07 Å². The van der Waals surface area contributed by atoms with Crippen molar-refractivity contribution < 1.29 is 9.13 Å². The van der Waals surface area contributed by atoms with Gasteiger partial charge in [-0.05, 0) is 31.8 Å². The maximum Gasteiger partial charge on any atom is 0.123 e. The summed E-state index contributed by atoms with van der Waals surface area (Å²) in [5, 5.41) is 0. The van der Waals surface area contributed by atoms with E-state index in [4.69, 9.17) is 4.74 Å². The molecule has 0 N–H and O–H groups in total. The number of rotatable bonds is 4. The maximum absolute atomic E-state index is 13.2. The number of halogens is 1. The molecule has 0 bridgehead atoms. The molecule has 1 aromatic rings. The number of likely N-dealkylation sites (tertiary alicyclic amines) is 1. The molecule has 0 spiro atoms. The summed E-state index contributed by atoms with van der Waals surface area (Å²) in [6.07, 6.45) is 0.369. The van der Waals surface area contributed by atoms with E-state index in [0.29, 0.717) is 17.9 Å². The van der Waals surface area contributed by atoms with Crippen LogP contribution in [-0.2, 0) is 11.3 Å². The standard InChI is InChI=1S/C16H23FN2O/c1-18(2)8-13-11-20-16-10-19(9-15(13)16)7-12-4-3-5-14(17)6-12/h3-6,13,15-16H,7-11H2,1-2H3/t13-,15+,16+/m1/s1. The van der Waals surface area contributed by atoms with E-state index in [-0.39, 0.29) is 5.82 Å². The molecule has 2 fully saturated rings. The van der Waals surface area contributed by atoms with Crippen LogP contribution in [0.25, 0.3) is 0 Å². The highest BCUT2D eigenvalue weighted by atomic mass is 19.1. The summed E-state index contributed by atoms with van der Waals surface area (Å²) in [7, 11) is 4.24. The lowest BCUT2D eigenvalue weighted by molar-refractivity contribution is 0.0921. The second kappa shape index (κ2) is 5.80. The molecule has 1 aromatic carbocycles. The first kappa shape index (κ1) is 14.0. The summed E-state index contributed by atoms with van der Waals surface area (Å²) in [4.78, 5) is 4.64. The van der Waals surface area contributed by atoms with Gasteiger partial charge in [-0.15, -0.1) is 0 Å². The first-order valence-electron chi connectivity index (χ1n) is 7.35. The molecule has 3 rings (SSSR count). The molecule has 0 aromatic heterocycles. The van der Waals surface area contributed by atoms with E-state index in [9.17, 15) is 4.39 Å². The Morgan fingerprint density at radius 1 is 1.35 bits per heavy atom. The highest BCUT2D eigenvalue weighted by Gasteiger charge is 2.43. The van der Waals surface area contributed by atoms with Crippen molar-refractivity contribution in [1.29, 1.82) is 0 Å². The normalized spacial score (nSPS) is 30.1. The predicted molar refractivity (Wildman–Crippen MR) is 77.0 cm³/mol. The average Bonchev–Trinajstić information content (AvgIpc) is 2.91. The maximum atomic E-state index is 13.2. The minimum atomic E-state index is -0.149. The average molecular weight is 278 g/mol. The second-order valence-corrected chi connectivity index (χ2v) is 6.38. The van der Waals surface area contributed by atoms with E-state index < -0.39 is 0 Å². The quantitative estimate of drug-likeness (QED) is 0.836. The Labute approximate surface area is 120 Å². The van der Waals surface area contributed by atoms with Gasteiger partial charge in [0, 0.05) is 38.0 Å². The van der Waals surface area contributed by atoms with Crippen LogP contribution in [0.4, 0.5) is 4.39 Å². The van der Waals surface area contributed by atoms with Gasteiger partial charge in [0.1, 0.15) is 5.82 Å². The monoisotopic (exact) mass is 278 g/mol. The molecule has 0 unspecified atom stereocenters. The molecule has 110 valence electrons. The molecule has 0 aliphatic carbocycles. The molecule has 20 heavy (non-hydrogen) atoms. The van der Waals surface area contributed by atoms with Crippen molar-refractivity contribution in [3.05, 3.63) is 35.6 Å². The summed E-state index contributed by atoms with van der Waals surface area (Å²) >= 11 is 0. The van der Waals surface area contributed by atoms with Crippen molar-refractivity contribution in [3.8, 4) is 0 Å². The van der Waals surface area contributed by atoms with E-state index >= 15 is 0 Å². The van der Waals surface area contributed by atoms with Crippen LogP contribution in [0.5, 0.6) is 0 Å². The minimum absolute atomic E-state index is 0.149. The Hall–Kier alpha value is -0.970. The zero-order valence-corrected chi connectivity index (χ0v) is 12.3. The van der Waals surface area contributed by atoms with Gasteiger partial charge in [-0.1, -0.05) is 12.1 Å². The Balaban J connectivity index is 1.60. The fourth-order valence-corrected chi connectivity index (χ4v) is 3.56. The van der Waals surface area contributed by atoms with E-state index in [2.05, 4.69) is 23.9 Å². The molecular formula is C16H23FN2O. The zero-order valence-electron chi connectivity index (χ0n) is 12.3. The van der Waals surface area contributed by atoms with Crippen LogP contribution in [0.2, 0.25) is 0 Å². The van der Waals surface area contributed by atoms with Crippen molar-refractivity contribution in [3.63, 3.8) is 0 Å². The summed E-state index contributed by atoms with van der Waals surface area (Å²) in [6, 6.07) is 6.91. The smallest absolute Gasteiger partial charge is 0.123 e. The minimum Gasteiger partial charge on any atom is -0.376 e. The summed E-state index contributed by atoms with van der Waals surface area (Å²) < 4.78 is 19.2. The number of ether oxygens (including phenoxy) is 1. The van der Waals surface area contributed by atoms with Crippen LogP contribution in [0.1, 0.15) is 5.56 Å². The number of hydrogen-bond donors (Lipinski definition) is 0. The molecule has 2 aliphatic heterocycles. The first-order chi connectivity index (χ1) is 9.61. The van der Waals surface area contributed by atoms with Gasteiger partial charge >= 0.3 is 0 Å². The van der Waals surface area contributed by atoms with Crippen LogP contribution in [0.15, 0.2) is 24.3 Å². The molecule has 0 radical (unpaired) electrons. The topological polar surface area (TPSA) is 15.7 Å². The summed E-state index contributed by atoms with van der Waals surface area (Å²) in [5.41, 5.74) is 1.05. The highest BCUT2D eigenvalue weighted by Crippen LogP contribution is 2.34. The highest BCUT2D eigenvalue weighted by molar-refractivity contribution is 5.16. The predicted octanol–water partition coefficient (Wildman–Crippen LogP) is 1.83. The lowest BCUT2D eigenvalue weighted by Crippen LogP contribution is -2.30. The van der Waals surface area contributed by atoms with Gasteiger partial charge in [-0.2, -0.15) is 0 Å². The molecule has 3 atom stereocenters. The largest absolute Gasteiger partial charge is 0.376 e. The van der Waals surface area contributed by atoms with Gasteiger partial charge < -0.3 is 9.64 Å². The number of fused-ring (bicyclic) bond motifs is 1. The third-order valence-electron chi connectivity index (χ3n) is 4.41. The van der Waals surface area contributed by atoms with E-state index in [1.165, 1.54) is 6.07 Å². The molecule has 2 heterocycles. The zero-order chi connectivity index (χ0) is 14.1. The molecule has 2 saturated heterocycles. The van der Waals surface area contributed by atoms with Gasteiger partial charge in [0.25, 0.3) is 0 Å². The van der Waals surface area contributed by atoms with Crippen LogP contribution >= 0.6 is 0 Å². The first-order valence-corrected chi connectivity index (χ1v) is 7.35. The third-order valence-corrected chi connectivity index (χ3v) is 4.41. The van der Waals surface area contributed by atoms with E-state index in [0.717, 1.165) is 38.3 Å². The Morgan fingerprint density at radius 2 is 2.20 bits per heavy atom. The van der Waals surface area contributed by atoms with Crippen molar-refractivity contribution >= 4 is 0 Å². The number of nitrogens with zero attached hydrogens (tertiary/aromatic N) is 2. The fraction of sp³-hybridized carbons (Fsp3) is 0.625. The fourth-order valence-electron chi connectivity index (χ4n) is 3.56. The Bertz CT molecular complexity index is 466. The Kier molecular flexibility index (Phi) is 4.06. The van der Waals surface area contributed by atoms with Crippen molar-refractivity contribution in [2.24, 2.45) is 11.8 Å². The van der Waals surface area contributed by atoms with Gasteiger partial charge in [0.15, 0.2) is 0 Å². The van der Waals surface area contributed by atoms with Crippen LogP contribution < -0.4 is 0 Å². The lowest BCUT2D eigenvalue weighted by Gasteiger charge is -2.22. The number of hydrogen-bond acceptors (Lipinski definition) is 3. The molecule has 2 aliphatic rings. The molecule has 4 heteroatoms.